The molecule has 23 heavy (non-hydrogen) atoms. The molecule has 0 atom stereocenters. The number of aromatic nitrogens is 1. The van der Waals surface area contributed by atoms with Crippen LogP contribution in [0.4, 0.5) is 5.13 Å². The first-order valence-corrected chi connectivity index (χ1v) is 9.21. The van der Waals surface area contributed by atoms with Crippen LogP contribution in [0.15, 0.2) is 29.6 Å². The summed E-state index contributed by atoms with van der Waals surface area (Å²) in [6, 6.07) is 6.91. The lowest BCUT2D eigenvalue weighted by Gasteiger charge is -2.25. The highest BCUT2D eigenvalue weighted by molar-refractivity contribution is 7.13. The van der Waals surface area contributed by atoms with Gasteiger partial charge < -0.3 is 10.2 Å². The standard InChI is InChI=1S/C17H20ClN3OS/c18-14-6-4-13(5-7-14)16(22)19-9-8-15-12-23-17(20-15)21-10-2-1-3-11-21/h4-7,12H,1-3,8-11H2,(H,19,22). The number of thiazole rings is 1. The van der Waals surface area contributed by atoms with Crippen molar-refractivity contribution >= 4 is 34.0 Å². The first kappa shape index (κ1) is 16.3. The van der Waals surface area contributed by atoms with Crippen molar-refractivity contribution in [2.24, 2.45) is 0 Å². The summed E-state index contributed by atoms with van der Waals surface area (Å²) in [7, 11) is 0. The molecule has 1 aromatic carbocycles. The van der Waals surface area contributed by atoms with Gasteiger partial charge in [-0.15, -0.1) is 11.3 Å². The maximum atomic E-state index is 12.0. The Balaban J connectivity index is 1.48. The minimum Gasteiger partial charge on any atom is -0.352 e. The molecule has 2 aromatic rings. The maximum absolute atomic E-state index is 12.0. The molecular weight excluding hydrogens is 330 g/mol. The first-order chi connectivity index (χ1) is 11.2. The molecule has 4 nitrogen and oxygen atoms in total. The van der Waals surface area contributed by atoms with Gasteiger partial charge in [-0.2, -0.15) is 0 Å². The van der Waals surface area contributed by atoms with Crippen molar-refractivity contribution in [2.45, 2.75) is 25.7 Å². The third kappa shape index (κ3) is 4.45. The molecule has 0 radical (unpaired) electrons. The Morgan fingerprint density at radius 2 is 1.96 bits per heavy atom. The molecule has 2 heterocycles. The molecule has 6 heteroatoms. The van der Waals surface area contributed by atoms with Crippen molar-refractivity contribution in [1.82, 2.24) is 10.3 Å². The zero-order valence-corrected chi connectivity index (χ0v) is 14.5. The Kier molecular flexibility index (Phi) is 5.51. The fourth-order valence-electron chi connectivity index (χ4n) is 2.65. The summed E-state index contributed by atoms with van der Waals surface area (Å²) in [4.78, 5) is 19.1. The van der Waals surface area contributed by atoms with Crippen LogP contribution in [0, 0.1) is 0 Å². The smallest absolute Gasteiger partial charge is 0.251 e. The van der Waals surface area contributed by atoms with E-state index in [2.05, 4.69) is 15.6 Å². The molecule has 1 saturated heterocycles. The molecule has 122 valence electrons. The van der Waals surface area contributed by atoms with E-state index in [9.17, 15) is 4.79 Å². The van der Waals surface area contributed by atoms with Crippen LogP contribution < -0.4 is 10.2 Å². The number of nitrogens with one attached hydrogen (secondary N) is 1. The van der Waals surface area contributed by atoms with Crippen LogP contribution in [-0.2, 0) is 6.42 Å². The zero-order chi connectivity index (χ0) is 16.1. The normalized spacial score (nSPS) is 14.7. The Bertz CT molecular complexity index is 650. The third-order valence-corrected chi connectivity index (χ3v) is 5.14. The second kappa shape index (κ2) is 7.79. The van der Waals surface area contributed by atoms with E-state index in [1.54, 1.807) is 35.6 Å². The molecule has 1 aromatic heterocycles. The molecule has 0 bridgehead atoms. The maximum Gasteiger partial charge on any atom is 0.251 e. The Morgan fingerprint density at radius 1 is 1.22 bits per heavy atom. The second-order valence-corrected chi connectivity index (χ2v) is 6.95. The average Bonchev–Trinajstić information content (AvgIpc) is 3.05. The van der Waals surface area contributed by atoms with Gasteiger partial charge in [-0.1, -0.05) is 11.6 Å². The third-order valence-electron chi connectivity index (χ3n) is 3.94. The number of anilines is 1. The summed E-state index contributed by atoms with van der Waals surface area (Å²) in [5.41, 5.74) is 1.67. The van der Waals surface area contributed by atoms with Crippen LogP contribution in [-0.4, -0.2) is 30.5 Å². The molecule has 1 amide bonds. The monoisotopic (exact) mass is 349 g/mol. The van der Waals surface area contributed by atoms with Crippen LogP contribution >= 0.6 is 22.9 Å². The van der Waals surface area contributed by atoms with E-state index in [4.69, 9.17) is 16.6 Å². The second-order valence-electron chi connectivity index (χ2n) is 5.68. The van der Waals surface area contributed by atoms with E-state index >= 15 is 0 Å². The number of hydrogen-bond acceptors (Lipinski definition) is 4. The van der Waals surface area contributed by atoms with Gasteiger partial charge in [-0.3, -0.25) is 4.79 Å². The topological polar surface area (TPSA) is 45.2 Å². The van der Waals surface area contributed by atoms with Gasteiger partial charge in [-0.25, -0.2) is 4.98 Å². The molecule has 0 unspecified atom stereocenters. The summed E-state index contributed by atoms with van der Waals surface area (Å²) < 4.78 is 0. The number of hydrogen-bond donors (Lipinski definition) is 1. The number of rotatable bonds is 5. The number of benzene rings is 1. The average molecular weight is 350 g/mol. The van der Waals surface area contributed by atoms with E-state index in [0.29, 0.717) is 17.1 Å². The first-order valence-electron chi connectivity index (χ1n) is 7.95. The fourth-order valence-corrected chi connectivity index (χ4v) is 3.69. The van der Waals surface area contributed by atoms with Crippen molar-refractivity contribution in [3.05, 3.63) is 45.9 Å². The van der Waals surface area contributed by atoms with Gasteiger partial charge in [0.25, 0.3) is 5.91 Å². The van der Waals surface area contributed by atoms with Crippen molar-refractivity contribution in [3.8, 4) is 0 Å². The van der Waals surface area contributed by atoms with Crippen LogP contribution in [0.3, 0.4) is 0 Å². The predicted molar refractivity (Wildman–Crippen MR) is 95.7 cm³/mol. The van der Waals surface area contributed by atoms with Gasteiger partial charge >= 0.3 is 0 Å². The van der Waals surface area contributed by atoms with Gasteiger partial charge in [-0.05, 0) is 43.5 Å². The van der Waals surface area contributed by atoms with Gasteiger partial charge in [0.05, 0.1) is 5.69 Å². The minimum atomic E-state index is -0.0758. The van der Waals surface area contributed by atoms with E-state index in [1.807, 2.05) is 0 Å². The highest BCUT2D eigenvalue weighted by Gasteiger charge is 2.14. The molecule has 0 spiro atoms. The number of carbonyl (C=O) groups is 1. The molecule has 3 rings (SSSR count). The summed E-state index contributed by atoms with van der Waals surface area (Å²) >= 11 is 7.52. The molecule has 0 saturated carbocycles. The van der Waals surface area contributed by atoms with Crippen LogP contribution in [0.1, 0.15) is 35.3 Å². The van der Waals surface area contributed by atoms with Crippen molar-refractivity contribution in [2.75, 3.05) is 24.5 Å². The van der Waals surface area contributed by atoms with Gasteiger partial charge in [0.15, 0.2) is 5.13 Å². The van der Waals surface area contributed by atoms with Crippen LogP contribution in [0.25, 0.3) is 0 Å². The predicted octanol–water partition coefficient (Wildman–Crippen LogP) is 3.76. The number of nitrogens with zero attached hydrogens (tertiary/aromatic N) is 2. The SMILES string of the molecule is O=C(NCCc1csc(N2CCCCC2)n1)c1ccc(Cl)cc1. The Hall–Kier alpha value is -1.59. The Labute approximate surface area is 145 Å². The highest BCUT2D eigenvalue weighted by atomic mass is 35.5. The fraction of sp³-hybridized carbons (Fsp3) is 0.412. The summed E-state index contributed by atoms with van der Waals surface area (Å²) in [6.45, 7) is 2.81. The van der Waals surface area contributed by atoms with E-state index in [0.717, 1.165) is 30.3 Å². The largest absolute Gasteiger partial charge is 0.352 e. The lowest BCUT2D eigenvalue weighted by molar-refractivity contribution is 0.0954. The van der Waals surface area contributed by atoms with E-state index < -0.39 is 0 Å². The van der Waals surface area contributed by atoms with Crippen LogP contribution in [0.5, 0.6) is 0 Å². The summed E-state index contributed by atoms with van der Waals surface area (Å²) in [5, 5.41) is 6.77. The van der Waals surface area contributed by atoms with E-state index in [-0.39, 0.29) is 5.91 Å². The molecule has 1 N–H and O–H groups in total. The van der Waals surface area contributed by atoms with Crippen LogP contribution in [0.2, 0.25) is 5.02 Å². The number of halogens is 1. The molecule has 1 aliphatic rings. The minimum absolute atomic E-state index is 0.0758. The number of piperidine rings is 1. The summed E-state index contributed by atoms with van der Waals surface area (Å²) in [5.74, 6) is -0.0758. The molecule has 1 aliphatic heterocycles. The van der Waals surface area contributed by atoms with Gasteiger partial charge in [0, 0.05) is 42.0 Å². The molecular formula is C17H20ClN3OS. The van der Waals surface area contributed by atoms with Gasteiger partial charge in [0.2, 0.25) is 0 Å². The lowest BCUT2D eigenvalue weighted by atomic mass is 10.1. The molecule has 1 fully saturated rings. The van der Waals surface area contributed by atoms with Crippen molar-refractivity contribution in [1.29, 1.82) is 0 Å². The quantitative estimate of drug-likeness (QED) is 0.893. The number of amides is 1. The van der Waals surface area contributed by atoms with Crippen molar-refractivity contribution in [3.63, 3.8) is 0 Å². The Morgan fingerprint density at radius 3 is 2.70 bits per heavy atom. The van der Waals surface area contributed by atoms with Crippen molar-refractivity contribution < 1.29 is 4.79 Å². The zero-order valence-electron chi connectivity index (χ0n) is 12.9. The highest BCUT2D eigenvalue weighted by Crippen LogP contribution is 2.24. The molecule has 0 aliphatic carbocycles. The summed E-state index contributed by atoms with van der Waals surface area (Å²) in [6.07, 6.45) is 4.59. The van der Waals surface area contributed by atoms with Gasteiger partial charge in [0.1, 0.15) is 0 Å². The van der Waals surface area contributed by atoms with E-state index in [1.165, 1.54) is 19.3 Å². The number of carbonyl (C=O) groups excluding carboxylic acids is 1. The lowest BCUT2D eigenvalue weighted by Crippen LogP contribution is -2.29.